The zero-order valence-corrected chi connectivity index (χ0v) is 18.2. The number of piperidine rings is 1. The van der Waals surface area contributed by atoms with Gasteiger partial charge in [-0.15, -0.1) is 0 Å². The average Bonchev–Trinajstić information content (AvgIpc) is 2.82. The number of benzene rings is 2. The molecule has 3 N–H and O–H groups in total. The van der Waals surface area contributed by atoms with E-state index in [0.717, 1.165) is 37.3 Å². The van der Waals surface area contributed by atoms with E-state index in [9.17, 15) is 9.18 Å². The summed E-state index contributed by atoms with van der Waals surface area (Å²) in [6.45, 7) is 3.56. The number of hydrogen-bond donors (Lipinski definition) is 3. The Kier molecular flexibility index (Phi) is 6.61. The second kappa shape index (κ2) is 9.74. The summed E-state index contributed by atoms with van der Waals surface area (Å²) in [6, 6.07) is 14.1. The number of nitrogens with zero attached hydrogens (tertiary/aromatic N) is 3. The minimum absolute atomic E-state index is 0.0160. The summed E-state index contributed by atoms with van der Waals surface area (Å²) in [7, 11) is 1.86. The summed E-state index contributed by atoms with van der Waals surface area (Å²) in [5.41, 5.74) is 2.72. The minimum Gasteiger partial charge on any atom is -0.340 e. The van der Waals surface area contributed by atoms with E-state index in [0.29, 0.717) is 22.9 Å². The molecule has 1 aromatic heterocycles. The van der Waals surface area contributed by atoms with Crippen molar-refractivity contribution in [2.45, 2.75) is 25.8 Å². The third-order valence-corrected chi connectivity index (χ3v) is 5.61. The van der Waals surface area contributed by atoms with Gasteiger partial charge in [0.1, 0.15) is 11.6 Å². The second-order valence-corrected chi connectivity index (χ2v) is 7.97. The molecule has 1 unspecified atom stereocenters. The molecule has 1 aliphatic rings. The number of hydrogen-bond acceptors (Lipinski definition) is 6. The van der Waals surface area contributed by atoms with Crippen LogP contribution in [0.4, 0.5) is 27.5 Å². The molecule has 3 aromatic rings. The Hall–Kier alpha value is -3.52. The van der Waals surface area contributed by atoms with Gasteiger partial charge in [-0.2, -0.15) is 4.98 Å². The van der Waals surface area contributed by atoms with Gasteiger partial charge in [0.2, 0.25) is 5.95 Å². The predicted octanol–water partition coefficient (Wildman–Crippen LogP) is 4.24. The van der Waals surface area contributed by atoms with Gasteiger partial charge in [-0.3, -0.25) is 4.79 Å². The zero-order valence-electron chi connectivity index (χ0n) is 18.2. The van der Waals surface area contributed by atoms with Crippen molar-refractivity contribution in [3.05, 3.63) is 71.7 Å². The fourth-order valence-electron chi connectivity index (χ4n) is 3.72. The molecule has 1 fully saturated rings. The van der Waals surface area contributed by atoms with Crippen LogP contribution in [-0.2, 0) is 0 Å². The largest absolute Gasteiger partial charge is 0.340 e. The molecule has 0 saturated carbocycles. The first-order chi connectivity index (χ1) is 15.5. The average molecular weight is 435 g/mol. The van der Waals surface area contributed by atoms with Crippen LogP contribution in [0.3, 0.4) is 0 Å². The Balaban J connectivity index is 1.40. The van der Waals surface area contributed by atoms with E-state index in [-0.39, 0.29) is 17.8 Å². The summed E-state index contributed by atoms with van der Waals surface area (Å²) in [4.78, 5) is 23.3. The molecule has 1 atom stereocenters. The van der Waals surface area contributed by atoms with Gasteiger partial charge in [0.15, 0.2) is 0 Å². The van der Waals surface area contributed by atoms with Gasteiger partial charge in [0.25, 0.3) is 5.91 Å². The molecule has 0 aliphatic carbocycles. The summed E-state index contributed by atoms with van der Waals surface area (Å²) in [5, 5.41) is 9.65. The van der Waals surface area contributed by atoms with Crippen molar-refractivity contribution in [3.63, 3.8) is 0 Å². The van der Waals surface area contributed by atoms with Crippen LogP contribution < -0.4 is 16.0 Å². The Labute approximate surface area is 187 Å². The second-order valence-electron chi connectivity index (χ2n) is 7.97. The SMILES string of the molecule is Cc1cc(Nc2ccnc(Nc3ccc(C(=O)N(C)C4CCCNC4)cc3)n2)ccc1F. The third-order valence-electron chi connectivity index (χ3n) is 5.61. The zero-order chi connectivity index (χ0) is 22.5. The molecule has 7 nitrogen and oxygen atoms in total. The van der Waals surface area contributed by atoms with Crippen LogP contribution in [0.1, 0.15) is 28.8 Å². The third kappa shape index (κ3) is 5.20. The Morgan fingerprint density at radius 1 is 1.12 bits per heavy atom. The number of amides is 1. The molecule has 2 aromatic carbocycles. The Morgan fingerprint density at radius 2 is 1.91 bits per heavy atom. The van der Waals surface area contributed by atoms with E-state index in [2.05, 4.69) is 25.9 Å². The molecular weight excluding hydrogens is 407 g/mol. The smallest absolute Gasteiger partial charge is 0.253 e. The van der Waals surface area contributed by atoms with Crippen LogP contribution in [-0.4, -0.2) is 47.0 Å². The van der Waals surface area contributed by atoms with Crippen molar-refractivity contribution < 1.29 is 9.18 Å². The molecular formula is C24H27FN6O. The number of anilines is 4. The number of rotatable bonds is 6. The van der Waals surface area contributed by atoms with Crippen molar-refractivity contribution in [1.82, 2.24) is 20.2 Å². The molecule has 1 aliphatic heterocycles. The van der Waals surface area contributed by atoms with Gasteiger partial charge in [0.05, 0.1) is 0 Å². The molecule has 4 rings (SSSR count). The molecule has 1 amide bonds. The van der Waals surface area contributed by atoms with Crippen molar-refractivity contribution in [3.8, 4) is 0 Å². The van der Waals surface area contributed by atoms with E-state index in [1.165, 1.54) is 6.07 Å². The van der Waals surface area contributed by atoms with Crippen LogP contribution in [0.2, 0.25) is 0 Å². The molecule has 0 spiro atoms. The highest BCUT2D eigenvalue weighted by atomic mass is 19.1. The number of aryl methyl sites for hydroxylation is 1. The van der Waals surface area contributed by atoms with Crippen LogP contribution in [0.25, 0.3) is 0 Å². The topological polar surface area (TPSA) is 82.2 Å². The van der Waals surface area contributed by atoms with E-state index in [1.807, 2.05) is 24.1 Å². The van der Waals surface area contributed by atoms with E-state index < -0.39 is 0 Å². The van der Waals surface area contributed by atoms with Gasteiger partial charge in [-0.05, 0) is 80.4 Å². The van der Waals surface area contributed by atoms with Gasteiger partial charge in [0, 0.05) is 42.8 Å². The van der Waals surface area contributed by atoms with E-state index >= 15 is 0 Å². The quantitative estimate of drug-likeness (QED) is 0.539. The fourth-order valence-corrected chi connectivity index (χ4v) is 3.72. The summed E-state index contributed by atoms with van der Waals surface area (Å²) in [5.74, 6) is 0.771. The van der Waals surface area contributed by atoms with Crippen molar-refractivity contribution in [2.24, 2.45) is 0 Å². The summed E-state index contributed by atoms with van der Waals surface area (Å²) < 4.78 is 13.5. The normalized spacial score (nSPS) is 15.8. The molecule has 166 valence electrons. The minimum atomic E-state index is -0.246. The van der Waals surface area contributed by atoms with E-state index in [1.54, 1.807) is 43.5 Å². The summed E-state index contributed by atoms with van der Waals surface area (Å²) >= 11 is 0. The fraction of sp³-hybridized carbons (Fsp3) is 0.292. The maximum Gasteiger partial charge on any atom is 0.253 e. The molecule has 8 heteroatoms. The van der Waals surface area contributed by atoms with Crippen LogP contribution in [0.15, 0.2) is 54.7 Å². The summed E-state index contributed by atoms with van der Waals surface area (Å²) in [6.07, 6.45) is 3.74. The number of carbonyl (C=O) groups is 1. The first-order valence-corrected chi connectivity index (χ1v) is 10.7. The molecule has 1 saturated heterocycles. The molecule has 32 heavy (non-hydrogen) atoms. The number of likely N-dealkylation sites (N-methyl/N-ethyl adjacent to an activating group) is 1. The molecule has 0 radical (unpaired) electrons. The monoisotopic (exact) mass is 434 g/mol. The lowest BCUT2D eigenvalue weighted by Gasteiger charge is -2.31. The number of aromatic nitrogens is 2. The van der Waals surface area contributed by atoms with Gasteiger partial charge in [-0.1, -0.05) is 0 Å². The van der Waals surface area contributed by atoms with Crippen molar-refractivity contribution in [1.29, 1.82) is 0 Å². The lowest BCUT2D eigenvalue weighted by molar-refractivity contribution is 0.0708. The van der Waals surface area contributed by atoms with Crippen LogP contribution >= 0.6 is 0 Å². The van der Waals surface area contributed by atoms with Crippen LogP contribution in [0, 0.1) is 12.7 Å². The lowest BCUT2D eigenvalue weighted by Crippen LogP contribution is -2.46. The van der Waals surface area contributed by atoms with Gasteiger partial charge >= 0.3 is 0 Å². The van der Waals surface area contributed by atoms with E-state index in [4.69, 9.17) is 0 Å². The van der Waals surface area contributed by atoms with Gasteiger partial charge in [-0.25, -0.2) is 9.37 Å². The molecule has 2 heterocycles. The Morgan fingerprint density at radius 3 is 2.62 bits per heavy atom. The highest BCUT2D eigenvalue weighted by Crippen LogP contribution is 2.21. The first-order valence-electron chi connectivity index (χ1n) is 10.7. The number of carbonyl (C=O) groups excluding carboxylic acids is 1. The maximum atomic E-state index is 13.5. The van der Waals surface area contributed by atoms with Crippen LogP contribution in [0.5, 0.6) is 0 Å². The highest BCUT2D eigenvalue weighted by molar-refractivity contribution is 5.94. The highest BCUT2D eigenvalue weighted by Gasteiger charge is 2.22. The lowest BCUT2D eigenvalue weighted by atomic mass is 10.1. The maximum absolute atomic E-state index is 13.5. The standard InChI is InChI=1S/C24H27FN6O/c1-16-14-19(9-10-21(16)25)28-22-11-13-27-24(30-22)29-18-7-5-17(6-8-18)23(32)31(2)20-4-3-12-26-15-20/h5-11,13-14,20,26H,3-4,12,15H2,1-2H3,(H2,27,28,29,30). The van der Waals surface area contributed by atoms with Gasteiger partial charge < -0.3 is 20.9 Å². The van der Waals surface area contributed by atoms with Crippen molar-refractivity contribution >= 4 is 29.0 Å². The Bertz CT molecular complexity index is 1080. The number of halogens is 1. The first kappa shape index (κ1) is 21.7. The van der Waals surface area contributed by atoms with Crippen molar-refractivity contribution in [2.75, 3.05) is 30.8 Å². The number of nitrogens with one attached hydrogen (secondary N) is 3. The predicted molar refractivity (Wildman–Crippen MR) is 124 cm³/mol. The molecule has 0 bridgehead atoms.